The van der Waals surface area contributed by atoms with Crippen LogP contribution in [0.25, 0.3) is 0 Å². The molecule has 0 saturated heterocycles. The van der Waals surface area contributed by atoms with E-state index in [4.69, 9.17) is 0 Å². The summed E-state index contributed by atoms with van der Waals surface area (Å²) in [7, 11) is 0. The van der Waals surface area contributed by atoms with E-state index in [9.17, 15) is 0 Å². The molecule has 0 unspecified atom stereocenters. The van der Waals surface area contributed by atoms with Gasteiger partial charge in [-0.05, 0) is 41.5 Å². The van der Waals surface area contributed by atoms with E-state index >= 15 is 0 Å². The van der Waals surface area contributed by atoms with E-state index in [2.05, 4.69) is 46.9 Å². The SMILES string of the molecule is CC(C)(C)NC(C)(C)C.[O]. The van der Waals surface area contributed by atoms with Gasteiger partial charge in [0.2, 0.25) is 0 Å². The lowest BCUT2D eigenvalue weighted by atomic mass is 10.0. The molecule has 0 amide bonds. The molecule has 2 nitrogen and oxygen atoms in total. The third-order valence-electron chi connectivity index (χ3n) is 0.750. The summed E-state index contributed by atoms with van der Waals surface area (Å²) in [6.07, 6.45) is 0. The van der Waals surface area contributed by atoms with Crippen molar-refractivity contribution in [2.45, 2.75) is 52.6 Å². The fourth-order valence-corrected chi connectivity index (χ4v) is 1.12. The van der Waals surface area contributed by atoms with E-state index in [0.717, 1.165) is 0 Å². The topological polar surface area (TPSA) is 40.5 Å². The van der Waals surface area contributed by atoms with Crippen LogP contribution < -0.4 is 5.32 Å². The third-order valence-corrected chi connectivity index (χ3v) is 0.750. The minimum Gasteiger partial charge on any atom is -0.307 e. The molecule has 0 aromatic heterocycles. The van der Waals surface area contributed by atoms with Crippen LogP contribution in [-0.4, -0.2) is 11.1 Å². The van der Waals surface area contributed by atoms with Gasteiger partial charge in [-0.1, -0.05) is 0 Å². The fraction of sp³-hybridized carbons (Fsp3) is 1.00. The summed E-state index contributed by atoms with van der Waals surface area (Å²) in [5.74, 6) is 0. The Morgan fingerprint density at radius 1 is 0.700 bits per heavy atom. The van der Waals surface area contributed by atoms with E-state index < -0.39 is 0 Å². The second kappa shape index (κ2) is 3.35. The summed E-state index contributed by atoms with van der Waals surface area (Å²) in [6, 6.07) is 0. The average Bonchev–Trinajstić information content (AvgIpc) is 1.14. The maximum Gasteiger partial charge on any atom is 0.0101 e. The van der Waals surface area contributed by atoms with Gasteiger partial charge in [0.15, 0.2) is 0 Å². The van der Waals surface area contributed by atoms with Crippen LogP contribution in [0.15, 0.2) is 0 Å². The lowest BCUT2D eigenvalue weighted by molar-refractivity contribution is 0.303. The summed E-state index contributed by atoms with van der Waals surface area (Å²) >= 11 is 0. The molecule has 0 atom stereocenters. The molecule has 0 aliphatic heterocycles. The fourth-order valence-electron chi connectivity index (χ4n) is 1.12. The molecule has 0 aliphatic carbocycles. The zero-order valence-electron chi connectivity index (χ0n) is 7.91. The van der Waals surface area contributed by atoms with Gasteiger partial charge in [0, 0.05) is 16.6 Å². The second-order valence-corrected chi connectivity index (χ2v) is 4.62. The molecule has 0 aromatic carbocycles. The monoisotopic (exact) mass is 145 g/mol. The Hall–Kier alpha value is -0.0800. The van der Waals surface area contributed by atoms with Crippen molar-refractivity contribution in [3.05, 3.63) is 0 Å². The Morgan fingerprint density at radius 2 is 0.900 bits per heavy atom. The number of nitrogens with one attached hydrogen (secondary N) is 1. The van der Waals surface area contributed by atoms with Crippen molar-refractivity contribution in [3.8, 4) is 0 Å². The van der Waals surface area contributed by atoms with Gasteiger partial charge < -0.3 is 5.32 Å². The zero-order valence-corrected chi connectivity index (χ0v) is 7.91. The summed E-state index contributed by atoms with van der Waals surface area (Å²) < 4.78 is 0. The third kappa shape index (κ3) is 10.8. The van der Waals surface area contributed by atoms with Crippen LogP contribution in [0, 0.1) is 0 Å². The highest BCUT2D eigenvalue weighted by Gasteiger charge is 2.17. The smallest absolute Gasteiger partial charge is 0.0101 e. The van der Waals surface area contributed by atoms with Crippen molar-refractivity contribution >= 4 is 0 Å². The summed E-state index contributed by atoms with van der Waals surface area (Å²) in [4.78, 5) is 0. The van der Waals surface area contributed by atoms with Crippen LogP contribution in [0.2, 0.25) is 0 Å². The summed E-state index contributed by atoms with van der Waals surface area (Å²) in [6.45, 7) is 13.1. The van der Waals surface area contributed by atoms with Crippen molar-refractivity contribution in [1.29, 1.82) is 0 Å². The van der Waals surface area contributed by atoms with E-state index in [-0.39, 0.29) is 16.6 Å². The number of hydrogen-bond donors (Lipinski definition) is 1. The molecule has 1 N–H and O–H groups in total. The largest absolute Gasteiger partial charge is 0.307 e. The second-order valence-electron chi connectivity index (χ2n) is 4.62. The zero-order chi connectivity index (χ0) is 7.71. The van der Waals surface area contributed by atoms with Gasteiger partial charge in [-0.3, -0.25) is 0 Å². The molecule has 62 valence electrons. The van der Waals surface area contributed by atoms with Crippen LogP contribution in [-0.2, 0) is 5.48 Å². The molecule has 2 radical (unpaired) electrons. The minimum absolute atomic E-state index is 0. The lowest BCUT2D eigenvalue weighted by Gasteiger charge is -2.31. The van der Waals surface area contributed by atoms with E-state index in [1.807, 2.05) is 0 Å². The number of hydrogen-bond acceptors (Lipinski definition) is 1. The Morgan fingerprint density at radius 3 is 0.900 bits per heavy atom. The Kier molecular flexibility index (Phi) is 4.22. The van der Waals surface area contributed by atoms with E-state index in [1.54, 1.807) is 0 Å². The molecule has 0 heterocycles. The summed E-state index contributed by atoms with van der Waals surface area (Å²) in [5, 5.41) is 3.46. The number of rotatable bonds is 0. The standard InChI is InChI=1S/C8H19N.O/c1-7(2,3)9-8(4,5)6;/h9H,1-6H3;. The quantitative estimate of drug-likeness (QED) is 0.557. The highest BCUT2D eigenvalue weighted by molar-refractivity contribution is 4.80. The average molecular weight is 145 g/mol. The molecule has 0 fully saturated rings. The lowest BCUT2D eigenvalue weighted by Crippen LogP contribution is -2.48. The van der Waals surface area contributed by atoms with Gasteiger partial charge in [0.25, 0.3) is 0 Å². The minimum atomic E-state index is 0. The maximum absolute atomic E-state index is 3.46. The molecule has 0 spiro atoms. The first kappa shape index (κ1) is 12.6. The van der Waals surface area contributed by atoms with Crippen LogP contribution >= 0.6 is 0 Å². The Bertz CT molecular complexity index is 74.4. The predicted octanol–water partition coefficient (Wildman–Crippen LogP) is 2.05. The van der Waals surface area contributed by atoms with Crippen LogP contribution in [0.5, 0.6) is 0 Å². The molecule has 2 heteroatoms. The Labute approximate surface area is 64.3 Å². The summed E-state index contributed by atoms with van der Waals surface area (Å²) in [5.41, 5.74) is 0.469. The van der Waals surface area contributed by atoms with Gasteiger partial charge in [-0.25, -0.2) is 0 Å². The molecule has 0 aromatic rings. The predicted molar refractivity (Wildman–Crippen MR) is 43.3 cm³/mol. The van der Waals surface area contributed by atoms with Crippen molar-refractivity contribution in [1.82, 2.24) is 5.32 Å². The highest BCUT2D eigenvalue weighted by atomic mass is 16.0. The highest BCUT2D eigenvalue weighted by Crippen LogP contribution is 2.08. The molecule has 0 aliphatic rings. The van der Waals surface area contributed by atoms with Crippen molar-refractivity contribution in [3.63, 3.8) is 0 Å². The van der Waals surface area contributed by atoms with Gasteiger partial charge >= 0.3 is 0 Å². The molecule has 10 heavy (non-hydrogen) atoms. The molecular formula is C8H19NO. The van der Waals surface area contributed by atoms with Crippen molar-refractivity contribution in [2.24, 2.45) is 0 Å². The first-order chi connectivity index (χ1) is 3.71. The van der Waals surface area contributed by atoms with Crippen molar-refractivity contribution in [2.75, 3.05) is 0 Å². The van der Waals surface area contributed by atoms with Gasteiger partial charge in [-0.2, -0.15) is 0 Å². The van der Waals surface area contributed by atoms with Gasteiger partial charge in [0.1, 0.15) is 0 Å². The van der Waals surface area contributed by atoms with Crippen molar-refractivity contribution < 1.29 is 5.48 Å². The first-order valence-electron chi connectivity index (χ1n) is 3.50. The van der Waals surface area contributed by atoms with Gasteiger partial charge in [0.05, 0.1) is 0 Å². The van der Waals surface area contributed by atoms with E-state index in [0.29, 0.717) is 0 Å². The van der Waals surface area contributed by atoms with Gasteiger partial charge in [-0.15, -0.1) is 0 Å². The maximum atomic E-state index is 3.46. The molecule has 0 rings (SSSR count). The van der Waals surface area contributed by atoms with E-state index in [1.165, 1.54) is 0 Å². The molecule has 0 saturated carbocycles. The first-order valence-corrected chi connectivity index (χ1v) is 3.50. The molecule has 0 bridgehead atoms. The normalized spacial score (nSPS) is 12.6. The molecular weight excluding hydrogens is 126 g/mol. The van der Waals surface area contributed by atoms with Crippen LogP contribution in [0.3, 0.4) is 0 Å². The Balaban J connectivity index is 0. The van der Waals surface area contributed by atoms with Crippen LogP contribution in [0.4, 0.5) is 0 Å². The van der Waals surface area contributed by atoms with Crippen LogP contribution in [0.1, 0.15) is 41.5 Å².